The molecule has 0 saturated heterocycles. The smallest absolute Gasteiger partial charge is 0.870 e. The Morgan fingerprint density at radius 2 is 0.957 bits per heavy atom. The molecule has 34 heteroatoms. The molecule has 0 atom stereocenters. The van der Waals surface area contributed by atoms with Gasteiger partial charge in [-0.3, -0.25) is 14.9 Å². The number of hydrogen-bond donors (Lipinski definition) is 4. The van der Waals surface area contributed by atoms with Gasteiger partial charge in [-0.25, -0.2) is 24.4 Å². The van der Waals surface area contributed by atoms with Crippen molar-refractivity contribution in [3.63, 3.8) is 0 Å². The number of nitrogens with one attached hydrogen (secondary N) is 1. The van der Waals surface area contributed by atoms with E-state index in [1.807, 2.05) is 38.0 Å². The average molecular weight is 1490 g/mol. The minimum atomic E-state index is -4.46. The van der Waals surface area contributed by atoms with Gasteiger partial charge in [-0.1, -0.05) is 76.5 Å². The topological polar surface area (TPSA) is 276 Å². The number of anilines is 2. The number of carboxylic acid groups (broad SMARTS) is 1. The number of esters is 2. The molecule has 8 aromatic rings. The van der Waals surface area contributed by atoms with Gasteiger partial charge in [0.1, 0.15) is 39.7 Å². The predicted molar refractivity (Wildman–Crippen MR) is 352 cm³/mol. The number of rotatable bonds is 15. The first kappa shape index (κ1) is 88.2. The number of nitrogens with two attached hydrogens (primary N) is 1. The van der Waals surface area contributed by atoms with Gasteiger partial charge in [0, 0.05) is 56.4 Å². The number of nitrogens with zero attached hydrogens (tertiary/aromatic N) is 5. The number of carbonyl (C=O) groups is 5. The normalized spacial score (nSPS) is 10.6. The van der Waals surface area contributed by atoms with Crippen molar-refractivity contribution in [2.45, 2.75) is 39.4 Å². The molecule has 20 nitrogen and oxygen atoms in total. The molecule has 0 unspecified atom stereocenters. The molecule has 8 rings (SSSR count). The van der Waals surface area contributed by atoms with E-state index in [1.165, 1.54) is 71.9 Å². The number of aromatic hydroxyl groups is 1. The number of phenols is 1. The Hall–Kier alpha value is -5.84. The van der Waals surface area contributed by atoms with Gasteiger partial charge >= 0.3 is 81.6 Å². The molecule has 2 aromatic heterocycles. The van der Waals surface area contributed by atoms with E-state index in [-0.39, 0.29) is 135 Å². The third kappa shape index (κ3) is 25.6. The molecule has 0 aliphatic heterocycles. The van der Waals surface area contributed by atoms with Gasteiger partial charge in [0.05, 0.1) is 78.2 Å². The van der Waals surface area contributed by atoms with Crippen LogP contribution in [0.3, 0.4) is 0 Å². The molecule has 0 spiro atoms. The summed E-state index contributed by atoms with van der Waals surface area (Å²) in [5.41, 5.74) is 7.57. The molecule has 0 aliphatic rings. The zero-order valence-corrected chi connectivity index (χ0v) is 60.1. The van der Waals surface area contributed by atoms with Crippen LogP contribution in [0.15, 0.2) is 84.9 Å². The number of phenolic OH excluding ortho intramolecular Hbond substituents is 1. The van der Waals surface area contributed by atoms with Crippen molar-refractivity contribution < 1.29 is 141 Å². The number of methoxy groups -OCH3 is 5. The maximum Gasteiger partial charge on any atom is 1.00 e. The first-order valence-corrected chi connectivity index (χ1v) is 28.7. The van der Waals surface area contributed by atoms with E-state index in [0.717, 1.165) is 58.1 Å². The molecule has 0 fully saturated rings. The molecular formula is C60H65Cl5F6KN7O13S2. The summed E-state index contributed by atoms with van der Waals surface area (Å²) in [6, 6.07) is 18.7. The van der Waals surface area contributed by atoms with E-state index in [4.69, 9.17) is 76.2 Å². The summed E-state index contributed by atoms with van der Waals surface area (Å²) in [6.45, 7) is 1.58. The number of benzene rings is 6. The summed E-state index contributed by atoms with van der Waals surface area (Å²) in [4.78, 5) is 70.9. The molecule has 0 bridgehead atoms. The number of ether oxygens (including phenoxy) is 5. The Labute approximate surface area is 614 Å². The van der Waals surface area contributed by atoms with Crippen LogP contribution in [0.5, 0.6) is 23.0 Å². The van der Waals surface area contributed by atoms with Crippen molar-refractivity contribution in [1.82, 2.24) is 24.7 Å². The molecule has 2 heterocycles. The second-order valence-electron chi connectivity index (χ2n) is 19.3. The first-order chi connectivity index (χ1) is 42.1. The molecule has 94 heavy (non-hydrogen) atoms. The number of carbonyl (C=O) groups excluding carboxylic acids is 4. The van der Waals surface area contributed by atoms with Crippen molar-refractivity contribution >= 4 is 142 Å². The number of halogens is 11. The zero-order valence-electron chi connectivity index (χ0n) is 51.5. The van der Waals surface area contributed by atoms with Crippen LogP contribution >= 0.6 is 81.5 Å². The number of aldehydes is 1. The molecule has 0 radical (unpaired) electrons. The van der Waals surface area contributed by atoms with Gasteiger partial charge in [-0.05, 0) is 127 Å². The van der Waals surface area contributed by atoms with Gasteiger partial charge in [0.25, 0.3) is 5.91 Å². The van der Waals surface area contributed by atoms with Gasteiger partial charge in [0.15, 0.2) is 16.5 Å². The van der Waals surface area contributed by atoms with E-state index in [1.54, 1.807) is 43.3 Å². The summed E-state index contributed by atoms with van der Waals surface area (Å²) in [5.74, 6) is -1.92. The number of carboxylic acids is 1. The summed E-state index contributed by atoms with van der Waals surface area (Å²) in [5, 5.41) is 23.8. The van der Waals surface area contributed by atoms with Gasteiger partial charge < -0.3 is 59.8 Å². The average Bonchev–Trinajstić information content (AvgIpc) is 1.47. The summed E-state index contributed by atoms with van der Waals surface area (Å²) < 4.78 is 101. The van der Waals surface area contributed by atoms with Crippen molar-refractivity contribution in [2.24, 2.45) is 0 Å². The van der Waals surface area contributed by atoms with E-state index < -0.39 is 47.3 Å². The van der Waals surface area contributed by atoms with Gasteiger partial charge in [-0.2, -0.15) is 26.3 Å². The number of amides is 1. The van der Waals surface area contributed by atoms with Crippen LogP contribution < -0.4 is 76.6 Å². The van der Waals surface area contributed by atoms with Gasteiger partial charge in [0.2, 0.25) is 0 Å². The molecule has 6 N–H and O–H groups in total. The number of hydrogen-bond acceptors (Lipinski definition) is 20. The monoisotopic (exact) mass is 1480 g/mol. The quantitative estimate of drug-likeness (QED) is 0.0321. The second-order valence-corrected chi connectivity index (χ2v) is 23.2. The van der Waals surface area contributed by atoms with Crippen LogP contribution in [-0.2, 0) is 41.5 Å². The Balaban J connectivity index is 0.00000117. The number of aromatic carboxylic acids is 1. The first-order valence-electron chi connectivity index (χ1n) is 25.5. The molecule has 508 valence electrons. The molecule has 0 aliphatic carbocycles. The fourth-order valence-corrected chi connectivity index (χ4v) is 10.7. The third-order valence-corrected chi connectivity index (χ3v) is 14.3. The molecule has 6 aromatic carbocycles. The standard InChI is InChI=1S/C18H15ClF3N3O2S.C12H16ClNO3.C11H14ClNO3.C10H9ClO4.C8H5F3N2S.CH4.ClH.K.H2O/c1-25(2)8-9-5-11(19)7-12(15(9)26)16(27)24-17-23-13-4-3-10(18(20,21)22)6-14(13)28-17;1-14(2)7-8-5-9(13)6-10(11(8)16-3)12(15)17-4;1-13(2)6-7-4-8(12)5-9(11(14)15)10(7)16-3;1-14-9-6(5-12)3-7(11)4-8(9)10(13)15-2;9-8(10,11)4-1-2-5-6(3-4)14-7(12)13-5;;;;/h3-7,26H,8H2,1-2H3,(H,23,24,27);5-6H,7H2,1-4H3;4-5H,6H2,1-3H3,(H,14,15);3-5H,1-2H3;1-3H,(H2,12,13);1H4;1H;;1H2/q;;;;;;;+1;/p-1. The van der Waals surface area contributed by atoms with Crippen molar-refractivity contribution in [1.29, 1.82) is 0 Å². The fourth-order valence-electron chi connectivity index (χ4n) is 8.04. The van der Waals surface area contributed by atoms with Crippen LogP contribution in [0.25, 0.3) is 20.4 Å². The van der Waals surface area contributed by atoms with Crippen LogP contribution in [0, 0.1) is 0 Å². The Kier molecular flexibility index (Phi) is 37.5. The van der Waals surface area contributed by atoms with E-state index in [9.17, 15) is 55.4 Å². The number of fused-ring (bicyclic) bond motifs is 2. The van der Waals surface area contributed by atoms with Crippen LogP contribution in [0.2, 0.25) is 20.1 Å². The van der Waals surface area contributed by atoms with Crippen molar-refractivity contribution in [2.75, 3.05) is 88.9 Å². The SMILES string of the molecule is C.CN(C)Cc1cc(Cl)cc(C(=O)Nc2nc3ccc(C(F)(F)F)cc3s2)c1O.COC(=O)c1cc(Cl)cc(C=O)c1OC.COC(=O)c1cc(Cl)cc(CN(C)C)c1OC.COc1c(CN(C)C)cc(Cl)cc1C(=O)O.Cl.Nc1nc2ccc(C(F)(F)F)cc2s1.[K+].[OH-]. The maximum absolute atomic E-state index is 12.8. The van der Waals surface area contributed by atoms with E-state index >= 15 is 0 Å². The van der Waals surface area contributed by atoms with Crippen molar-refractivity contribution in [3.8, 4) is 23.0 Å². The minimum absolute atomic E-state index is 0. The van der Waals surface area contributed by atoms with Gasteiger partial charge in [-0.15, -0.1) is 12.4 Å². The Bertz CT molecular complexity index is 3890. The summed E-state index contributed by atoms with van der Waals surface area (Å²) in [6.07, 6.45) is -8.21. The predicted octanol–water partition coefficient (Wildman–Crippen LogP) is 12.0. The fraction of sp³-hybridized carbons (Fsp3) is 0.283. The Morgan fingerprint density at radius 1 is 0.585 bits per heavy atom. The molecule has 0 saturated carbocycles. The van der Waals surface area contributed by atoms with E-state index in [2.05, 4.69) is 20.0 Å². The molecular weight excluding hydrogens is 1420 g/mol. The zero-order chi connectivity index (χ0) is 67.7. The second kappa shape index (κ2) is 40.0. The minimum Gasteiger partial charge on any atom is -0.870 e. The number of thiazole rings is 2. The number of alkyl halides is 6. The number of nitrogen functional groups attached to an aromatic ring is 1. The summed E-state index contributed by atoms with van der Waals surface area (Å²) >= 11 is 25.6. The van der Waals surface area contributed by atoms with E-state index in [0.29, 0.717) is 74.3 Å². The maximum atomic E-state index is 12.8. The third-order valence-electron chi connectivity index (χ3n) is 11.7. The summed E-state index contributed by atoms with van der Waals surface area (Å²) in [7, 11) is 18.1. The van der Waals surface area contributed by atoms with Crippen molar-refractivity contribution in [3.05, 3.63) is 161 Å². The number of aromatic nitrogens is 2. The van der Waals surface area contributed by atoms with Crippen LogP contribution in [-0.4, -0.2) is 148 Å². The Morgan fingerprint density at radius 3 is 1.36 bits per heavy atom. The van der Waals surface area contributed by atoms with Crippen LogP contribution in [0.4, 0.5) is 36.6 Å². The largest absolute Gasteiger partial charge is 1.00 e. The van der Waals surface area contributed by atoms with Crippen LogP contribution in [0.1, 0.15) is 87.0 Å². The molecule has 1 amide bonds.